The quantitative estimate of drug-likeness (QED) is 0.663. The van der Waals surface area contributed by atoms with Gasteiger partial charge in [0.2, 0.25) is 5.95 Å². The van der Waals surface area contributed by atoms with Crippen LogP contribution in [0, 0.1) is 0 Å². The molecule has 0 atom stereocenters. The molecule has 1 amide bonds. The van der Waals surface area contributed by atoms with Crippen LogP contribution in [0.5, 0.6) is 0 Å². The average molecular weight is 452 g/mol. The number of fused-ring (bicyclic) bond motifs is 1. The first kappa shape index (κ1) is 22.0. The molecule has 2 fully saturated rings. The van der Waals surface area contributed by atoms with Gasteiger partial charge in [-0.05, 0) is 25.1 Å². The molecule has 3 aliphatic rings. The molecule has 3 N–H and O–H groups in total. The van der Waals surface area contributed by atoms with Crippen LogP contribution in [-0.4, -0.2) is 73.4 Å². The summed E-state index contributed by atoms with van der Waals surface area (Å²) in [6, 6.07) is 7.84. The summed E-state index contributed by atoms with van der Waals surface area (Å²) in [5, 5.41) is 5.22. The zero-order chi connectivity index (χ0) is 22.8. The predicted octanol–water partition coefficient (Wildman–Crippen LogP) is 1.36. The number of morpholine rings is 2. The first-order valence-electron chi connectivity index (χ1n) is 11.6. The molecule has 174 valence electrons. The van der Waals surface area contributed by atoms with Crippen LogP contribution in [0.2, 0.25) is 0 Å². The average Bonchev–Trinajstić information content (AvgIpc) is 3.13. The predicted molar refractivity (Wildman–Crippen MR) is 125 cm³/mol. The van der Waals surface area contributed by atoms with Crippen LogP contribution in [0.25, 0.3) is 5.57 Å². The number of allylic oxidation sites excluding steroid dienone is 2. The van der Waals surface area contributed by atoms with Gasteiger partial charge < -0.3 is 19.7 Å². The van der Waals surface area contributed by atoms with E-state index >= 15 is 0 Å². The van der Waals surface area contributed by atoms with Gasteiger partial charge in [0.1, 0.15) is 17.1 Å². The van der Waals surface area contributed by atoms with Gasteiger partial charge in [0.05, 0.1) is 32.1 Å². The van der Waals surface area contributed by atoms with Crippen molar-refractivity contribution in [1.82, 2.24) is 14.9 Å². The summed E-state index contributed by atoms with van der Waals surface area (Å²) in [4.78, 5) is 27.1. The Balaban J connectivity index is 1.39. The van der Waals surface area contributed by atoms with Gasteiger partial charge in [0.25, 0.3) is 5.91 Å². The summed E-state index contributed by atoms with van der Waals surface area (Å²) in [5.41, 5.74) is 6.84. The van der Waals surface area contributed by atoms with Crippen molar-refractivity contribution in [1.29, 1.82) is 0 Å². The molecule has 9 nitrogen and oxygen atoms in total. The fraction of sp³-hybridized carbons (Fsp3) is 0.458. The van der Waals surface area contributed by atoms with Crippen LogP contribution in [0.1, 0.15) is 35.6 Å². The Hall–Kier alpha value is -2.85. The number of anilines is 2. The van der Waals surface area contributed by atoms with E-state index in [1.807, 2.05) is 24.3 Å². The van der Waals surface area contributed by atoms with Gasteiger partial charge in [-0.2, -0.15) is 0 Å². The number of benzene rings is 1. The maximum absolute atomic E-state index is 13.2. The highest BCUT2D eigenvalue weighted by atomic mass is 16.5. The number of carbonyl (C=O) groups is 1. The number of hydrogen-bond acceptors (Lipinski definition) is 7. The third-order valence-corrected chi connectivity index (χ3v) is 6.46. The summed E-state index contributed by atoms with van der Waals surface area (Å²) in [6.45, 7) is 10.7. The van der Waals surface area contributed by atoms with Crippen LogP contribution in [0.4, 0.5) is 17.3 Å². The Morgan fingerprint density at radius 3 is 2.52 bits per heavy atom. The van der Waals surface area contributed by atoms with Gasteiger partial charge in [-0.3, -0.25) is 15.0 Å². The summed E-state index contributed by atoms with van der Waals surface area (Å²) >= 11 is 0. The minimum absolute atomic E-state index is 0.226. The maximum Gasteiger partial charge on any atom is 0.274 e. The number of ether oxygens (including phenoxy) is 2. The van der Waals surface area contributed by atoms with Crippen LogP contribution >= 0.6 is 0 Å². The third kappa shape index (κ3) is 4.91. The fourth-order valence-corrected chi connectivity index (χ4v) is 4.41. The molecule has 2 aromatic rings. The standard InChI is InChI=1S/C24H30N6O3/c1-16-17(2)25-21-4-3-18(13-20(16)21)26-23(31)22-14-19(15-29-5-9-32-10-6-29)27-24(28-22)30-7-11-33-12-8-30/h3-4,13-14,25H,5-12,15H2,1-2H3,(H,26,31)/p+1. The van der Waals surface area contributed by atoms with Crippen molar-refractivity contribution in [3.63, 3.8) is 0 Å². The Kier molecular flexibility index (Phi) is 6.37. The molecule has 1 aromatic heterocycles. The largest absolute Gasteiger partial charge is 0.379 e. The minimum Gasteiger partial charge on any atom is -0.379 e. The Morgan fingerprint density at radius 2 is 1.76 bits per heavy atom. The highest BCUT2D eigenvalue weighted by Crippen LogP contribution is 2.29. The van der Waals surface area contributed by atoms with E-state index in [1.54, 1.807) is 0 Å². The first-order valence-corrected chi connectivity index (χ1v) is 11.6. The van der Waals surface area contributed by atoms with Crippen molar-refractivity contribution in [3.05, 3.63) is 46.9 Å². The lowest BCUT2D eigenvalue weighted by Crippen LogP contribution is -2.73. The molecule has 0 aliphatic carbocycles. The van der Waals surface area contributed by atoms with Crippen molar-refractivity contribution in [3.8, 4) is 0 Å². The van der Waals surface area contributed by atoms with Crippen molar-refractivity contribution >= 4 is 28.8 Å². The van der Waals surface area contributed by atoms with Gasteiger partial charge in [-0.15, -0.1) is 0 Å². The molecular weight excluding hydrogens is 420 g/mol. The summed E-state index contributed by atoms with van der Waals surface area (Å²) in [5.74, 6) is 0.364. The zero-order valence-electron chi connectivity index (χ0n) is 19.3. The topological polar surface area (TPSA) is 96.4 Å². The smallest absolute Gasteiger partial charge is 0.274 e. The van der Waals surface area contributed by atoms with Crippen LogP contribution in [-0.2, 0) is 16.0 Å². The van der Waals surface area contributed by atoms with E-state index in [0.717, 1.165) is 43.2 Å². The molecular formula is C24H31N6O3+. The van der Waals surface area contributed by atoms with Crippen LogP contribution in [0.3, 0.4) is 0 Å². The van der Waals surface area contributed by atoms with Gasteiger partial charge in [0.15, 0.2) is 0 Å². The monoisotopic (exact) mass is 451 g/mol. The lowest BCUT2D eigenvalue weighted by molar-refractivity contribution is -0.512. The van der Waals surface area contributed by atoms with Crippen molar-refractivity contribution in [2.24, 2.45) is 0 Å². The van der Waals surface area contributed by atoms with Gasteiger partial charge in [0, 0.05) is 62.5 Å². The SMILES string of the molecule is CC1=C(C)c2cc(NC(=O)c3cc(CN4CCOCC4)nc(N4CCOCC4)n3)ccc2[NH2+]1. The third-order valence-electron chi connectivity index (χ3n) is 6.46. The molecule has 5 rings (SSSR count). The first-order chi connectivity index (χ1) is 16.1. The number of amides is 1. The number of nitrogens with one attached hydrogen (secondary N) is 1. The second-order valence-corrected chi connectivity index (χ2v) is 8.74. The number of nitrogens with two attached hydrogens (primary N) is 1. The van der Waals surface area contributed by atoms with Gasteiger partial charge in [-0.25, -0.2) is 9.97 Å². The highest BCUT2D eigenvalue weighted by molar-refractivity contribution is 6.03. The van der Waals surface area contributed by atoms with Gasteiger partial charge in [-0.1, -0.05) is 0 Å². The number of aromatic nitrogens is 2. The number of carbonyl (C=O) groups excluding carboxylic acids is 1. The molecule has 0 bridgehead atoms. The minimum atomic E-state index is -0.226. The number of quaternary nitrogens is 1. The molecule has 33 heavy (non-hydrogen) atoms. The van der Waals surface area contributed by atoms with Crippen molar-refractivity contribution < 1.29 is 19.6 Å². The summed E-state index contributed by atoms with van der Waals surface area (Å²) in [6.07, 6.45) is 0. The second-order valence-electron chi connectivity index (χ2n) is 8.74. The summed E-state index contributed by atoms with van der Waals surface area (Å²) in [7, 11) is 0. The van der Waals surface area contributed by atoms with E-state index in [4.69, 9.17) is 14.5 Å². The molecule has 9 heteroatoms. The van der Waals surface area contributed by atoms with E-state index in [2.05, 4.69) is 39.3 Å². The molecule has 2 saturated heterocycles. The Bertz CT molecular complexity index is 1070. The fourth-order valence-electron chi connectivity index (χ4n) is 4.41. The normalized spacial score (nSPS) is 19.0. The molecule has 0 saturated carbocycles. The van der Waals surface area contributed by atoms with Crippen molar-refractivity contribution in [2.75, 3.05) is 62.8 Å². The molecule has 0 radical (unpaired) electrons. The summed E-state index contributed by atoms with van der Waals surface area (Å²) < 4.78 is 10.9. The molecule has 3 aliphatic heterocycles. The van der Waals surface area contributed by atoms with Gasteiger partial charge >= 0.3 is 0 Å². The van der Waals surface area contributed by atoms with Crippen LogP contribution in [0.15, 0.2) is 30.0 Å². The van der Waals surface area contributed by atoms with E-state index in [-0.39, 0.29) is 5.91 Å². The number of nitrogens with zero attached hydrogens (tertiary/aromatic N) is 4. The van der Waals surface area contributed by atoms with Crippen LogP contribution < -0.4 is 15.5 Å². The van der Waals surface area contributed by atoms with E-state index in [1.165, 1.54) is 17.0 Å². The molecule has 0 spiro atoms. The van der Waals surface area contributed by atoms with Crippen molar-refractivity contribution in [2.45, 2.75) is 20.4 Å². The maximum atomic E-state index is 13.2. The molecule has 1 aromatic carbocycles. The van der Waals surface area contributed by atoms with E-state index in [9.17, 15) is 4.79 Å². The molecule has 4 heterocycles. The Labute approximate surface area is 193 Å². The van der Waals surface area contributed by atoms with E-state index < -0.39 is 0 Å². The number of rotatable bonds is 5. The zero-order valence-corrected chi connectivity index (χ0v) is 19.3. The lowest BCUT2D eigenvalue weighted by Gasteiger charge is -2.29. The highest BCUT2D eigenvalue weighted by Gasteiger charge is 2.23. The lowest BCUT2D eigenvalue weighted by atomic mass is 10.1. The molecule has 0 unspecified atom stereocenters. The van der Waals surface area contributed by atoms with E-state index in [0.29, 0.717) is 44.5 Å². The second kappa shape index (κ2) is 9.56. The number of hydrogen-bond donors (Lipinski definition) is 2. The Morgan fingerprint density at radius 1 is 1.03 bits per heavy atom.